The number of rotatable bonds is 6. The minimum atomic E-state index is -0.468. The summed E-state index contributed by atoms with van der Waals surface area (Å²) < 4.78 is 13.7. The van der Waals surface area contributed by atoms with Gasteiger partial charge in [-0.3, -0.25) is 14.5 Å². The summed E-state index contributed by atoms with van der Waals surface area (Å²) in [5, 5.41) is 4.97. The molecule has 9 heteroatoms. The van der Waals surface area contributed by atoms with Crippen molar-refractivity contribution in [3.63, 3.8) is 0 Å². The van der Waals surface area contributed by atoms with Gasteiger partial charge in [0.2, 0.25) is 5.91 Å². The van der Waals surface area contributed by atoms with Crippen molar-refractivity contribution >= 4 is 47.2 Å². The Bertz CT molecular complexity index is 776. The van der Waals surface area contributed by atoms with Crippen LogP contribution in [0.4, 0.5) is 4.39 Å². The van der Waals surface area contributed by atoms with E-state index in [4.69, 9.17) is 11.6 Å². The topological polar surface area (TPSA) is 52.7 Å². The van der Waals surface area contributed by atoms with Gasteiger partial charge in [-0.15, -0.1) is 23.7 Å². The van der Waals surface area contributed by atoms with Gasteiger partial charge >= 0.3 is 0 Å². The summed E-state index contributed by atoms with van der Waals surface area (Å²) in [5.74, 6) is -0.641. The van der Waals surface area contributed by atoms with Crippen molar-refractivity contribution < 1.29 is 14.0 Å². The van der Waals surface area contributed by atoms with Gasteiger partial charge in [0.15, 0.2) is 0 Å². The van der Waals surface area contributed by atoms with E-state index in [0.717, 1.165) is 18.0 Å². The molecule has 1 saturated heterocycles. The molecule has 2 aromatic rings. The predicted octanol–water partition coefficient (Wildman–Crippen LogP) is 3.08. The third kappa shape index (κ3) is 5.91. The summed E-state index contributed by atoms with van der Waals surface area (Å²) >= 11 is 7.40. The number of thiophene rings is 1. The average molecular weight is 446 g/mol. The number of carbonyl (C=O) groups is 2. The molecule has 1 aromatic carbocycles. The highest BCUT2D eigenvalue weighted by atomic mass is 35.5. The lowest BCUT2D eigenvalue weighted by molar-refractivity contribution is -0.120. The summed E-state index contributed by atoms with van der Waals surface area (Å²) in [6, 6.07) is 8.11. The number of hydrogen-bond donors (Lipinski definition) is 1. The van der Waals surface area contributed by atoms with E-state index in [-0.39, 0.29) is 41.2 Å². The summed E-state index contributed by atoms with van der Waals surface area (Å²) in [5.41, 5.74) is 0.220. The molecule has 1 aliphatic heterocycles. The SMILES string of the molecule is Cl.O=C(Cc1c(F)cccc1Cl)NCCN1CCN(C(=O)c2cccs2)CC1. The molecule has 2 amide bonds. The Kier molecular flexibility index (Phi) is 8.69. The zero-order valence-corrected chi connectivity index (χ0v) is 17.6. The zero-order chi connectivity index (χ0) is 19.2. The molecule has 1 aliphatic rings. The molecule has 0 aliphatic carbocycles. The molecule has 2 heterocycles. The maximum absolute atomic E-state index is 13.7. The average Bonchev–Trinajstić information content (AvgIpc) is 3.20. The first-order valence-electron chi connectivity index (χ1n) is 8.79. The van der Waals surface area contributed by atoms with Crippen LogP contribution >= 0.6 is 35.3 Å². The zero-order valence-electron chi connectivity index (χ0n) is 15.2. The van der Waals surface area contributed by atoms with Crippen LogP contribution in [0.1, 0.15) is 15.2 Å². The van der Waals surface area contributed by atoms with E-state index in [1.165, 1.54) is 23.5 Å². The van der Waals surface area contributed by atoms with E-state index < -0.39 is 5.82 Å². The minimum Gasteiger partial charge on any atom is -0.355 e. The van der Waals surface area contributed by atoms with Crippen molar-refractivity contribution in [3.8, 4) is 0 Å². The second kappa shape index (κ2) is 10.8. The molecule has 5 nitrogen and oxygen atoms in total. The first-order chi connectivity index (χ1) is 13.0. The fourth-order valence-electron chi connectivity index (χ4n) is 3.01. The lowest BCUT2D eigenvalue weighted by Crippen LogP contribution is -2.50. The molecule has 0 bridgehead atoms. The molecule has 0 unspecified atom stereocenters. The van der Waals surface area contributed by atoms with Gasteiger partial charge in [-0.25, -0.2) is 4.39 Å². The lowest BCUT2D eigenvalue weighted by Gasteiger charge is -2.34. The van der Waals surface area contributed by atoms with Crippen molar-refractivity contribution in [3.05, 3.63) is 57.0 Å². The molecule has 28 heavy (non-hydrogen) atoms. The van der Waals surface area contributed by atoms with E-state index in [1.54, 1.807) is 6.07 Å². The molecular formula is C19H22Cl2FN3O2S. The molecule has 1 aromatic heterocycles. The lowest BCUT2D eigenvalue weighted by atomic mass is 10.1. The fourth-order valence-corrected chi connectivity index (χ4v) is 3.93. The second-order valence-electron chi connectivity index (χ2n) is 6.34. The number of nitrogens with one attached hydrogen (secondary N) is 1. The molecule has 0 spiro atoms. The van der Waals surface area contributed by atoms with Gasteiger partial charge in [0.1, 0.15) is 5.82 Å². The standard InChI is InChI=1S/C19H21ClFN3O2S.ClH/c20-15-3-1-4-16(21)14(15)13-18(25)22-6-7-23-8-10-24(11-9-23)19(26)17-5-2-12-27-17;/h1-5,12H,6-11,13H2,(H,22,25);1H. The van der Waals surface area contributed by atoms with Crippen molar-refractivity contribution in [2.45, 2.75) is 6.42 Å². The van der Waals surface area contributed by atoms with Gasteiger partial charge in [0, 0.05) is 49.9 Å². The van der Waals surface area contributed by atoms with Gasteiger partial charge in [-0.1, -0.05) is 23.7 Å². The van der Waals surface area contributed by atoms with Gasteiger partial charge < -0.3 is 10.2 Å². The maximum atomic E-state index is 13.7. The molecule has 0 saturated carbocycles. The van der Waals surface area contributed by atoms with E-state index >= 15 is 0 Å². The monoisotopic (exact) mass is 445 g/mol. The number of hydrogen-bond acceptors (Lipinski definition) is 4. The van der Waals surface area contributed by atoms with Crippen LogP contribution in [0.5, 0.6) is 0 Å². The number of piperazine rings is 1. The van der Waals surface area contributed by atoms with Gasteiger partial charge in [-0.05, 0) is 23.6 Å². The Morgan fingerprint density at radius 2 is 1.89 bits per heavy atom. The van der Waals surface area contributed by atoms with Crippen LogP contribution in [0.25, 0.3) is 0 Å². The van der Waals surface area contributed by atoms with E-state index in [1.807, 2.05) is 22.4 Å². The smallest absolute Gasteiger partial charge is 0.264 e. The van der Waals surface area contributed by atoms with Gasteiger partial charge in [-0.2, -0.15) is 0 Å². The number of benzene rings is 1. The minimum absolute atomic E-state index is 0. The predicted molar refractivity (Wildman–Crippen MR) is 112 cm³/mol. The van der Waals surface area contributed by atoms with E-state index in [9.17, 15) is 14.0 Å². The van der Waals surface area contributed by atoms with Crippen molar-refractivity contribution in [1.82, 2.24) is 15.1 Å². The highest BCUT2D eigenvalue weighted by Crippen LogP contribution is 2.19. The van der Waals surface area contributed by atoms with Crippen LogP contribution in [0.2, 0.25) is 5.02 Å². The molecule has 1 N–H and O–H groups in total. The largest absolute Gasteiger partial charge is 0.355 e. The molecule has 1 fully saturated rings. The van der Waals surface area contributed by atoms with Crippen LogP contribution < -0.4 is 5.32 Å². The van der Waals surface area contributed by atoms with Crippen molar-refractivity contribution in [1.29, 1.82) is 0 Å². The summed E-state index contributed by atoms with van der Waals surface area (Å²) in [7, 11) is 0. The van der Waals surface area contributed by atoms with Crippen LogP contribution in [0.3, 0.4) is 0 Å². The first-order valence-corrected chi connectivity index (χ1v) is 10.0. The summed E-state index contributed by atoms with van der Waals surface area (Å²) in [6.45, 7) is 4.06. The number of amides is 2. The van der Waals surface area contributed by atoms with Crippen molar-refractivity contribution in [2.75, 3.05) is 39.3 Å². The summed E-state index contributed by atoms with van der Waals surface area (Å²) in [6.07, 6.45) is -0.0748. The Morgan fingerprint density at radius 3 is 2.54 bits per heavy atom. The summed E-state index contributed by atoms with van der Waals surface area (Å²) in [4.78, 5) is 29.2. The third-order valence-electron chi connectivity index (χ3n) is 4.54. The third-order valence-corrected chi connectivity index (χ3v) is 5.75. The quantitative estimate of drug-likeness (QED) is 0.742. The molecule has 3 rings (SSSR count). The molecule has 0 radical (unpaired) electrons. The Balaban J connectivity index is 0.00000280. The highest BCUT2D eigenvalue weighted by Gasteiger charge is 2.22. The molecule has 152 valence electrons. The highest BCUT2D eigenvalue weighted by molar-refractivity contribution is 7.12. The number of nitrogens with zero attached hydrogens (tertiary/aromatic N) is 2. The van der Waals surface area contributed by atoms with E-state index in [0.29, 0.717) is 26.2 Å². The molecule has 0 atom stereocenters. The van der Waals surface area contributed by atoms with Crippen molar-refractivity contribution in [2.24, 2.45) is 0 Å². The molecular weight excluding hydrogens is 424 g/mol. The fraction of sp³-hybridized carbons (Fsp3) is 0.368. The first kappa shape index (κ1) is 22.6. The Morgan fingerprint density at radius 1 is 1.14 bits per heavy atom. The maximum Gasteiger partial charge on any atom is 0.264 e. The van der Waals surface area contributed by atoms with Gasteiger partial charge in [0.05, 0.1) is 11.3 Å². The Labute approximate surface area is 178 Å². The van der Waals surface area contributed by atoms with Crippen LogP contribution in [-0.2, 0) is 11.2 Å². The second-order valence-corrected chi connectivity index (χ2v) is 7.69. The number of halogens is 3. The van der Waals surface area contributed by atoms with E-state index in [2.05, 4.69) is 10.2 Å². The van der Waals surface area contributed by atoms with Crippen LogP contribution in [0, 0.1) is 5.82 Å². The van der Waals surface area contributed by atoms with Gasteiger partial charge in [0.25, 0.3) is 5.91 Å². The number of carbonyl (C=O) groups excluding carboxylic acids is 2. The Hall–Kier alpha value is -1.67. The van der Waals surface area contributed by atoms with Crippen LogP contribution in [0.15, 0.2) is 35.7 Å². The van der Waals surface area contributed by atoms with Crippen LogP contribution in [-0.4, -0.2) is 60.9 Å². The normalized spacial score (nSPS) is 14.4.